The zero-order chi connectivity index (χ0) is 67.4. The van der Waals surface area contributed by atoms with Gasteiger partial charge < -0.3 is 0 Å². The number of rotatable bonds is 41. The van der Waals surface area contributed by atoms with Gasteiger partial charge in [-0.15, -0.1) is 0 Å². The summed E-state index contributed by atoms with van der Waals surface area (Å²) >= 11 is 0. The van der Waals surface area contributed by atoms with Crippen molar-refractivity contribution in [1.82, 2.24) is 0 Å². The van der Waals surface area contributed by atoms with Crippen molar-refractivity contribution in [3.05, 3.63) is 0 Å². The fourth-order valence-corrected chi connectivity index (χ4v) is 24.3. The minimum atomic E-state index is 0.533. The lowest BCUT2D eigenvalue weighted by Gasteiger charge is -2.57. The smallest absolute Gasteiger partial charge is 0.000235 e. The fourth-order valence-electron chi connectivity index (χ4n) is 24.3. The van der Waals surface area contributed by atoms with Crippen LogP contribution in [0, 0.1) is 0 Å². The lowest BCUT2D eigenvalue weighted by atomic mass is 8.23. The molecule has 0 amide bonds. The van der Waals surface area contributed by atoms with E-state index < -0.39 is 0 Å². The lowest BCUT2D eigenvalue weighted by molar-refractivity contribution is 3.17. The first-order valence-corrected chi connectivity index (χ1v) is 38.6. The van der Waals surface area contributed by atoms with Crippen LogP contribution in [0.2, 0.25) is 0 Å². The maximum Gasteiger partial charge on any atom is 0.0552 e. The molecule has 85 heavy (non-hydrogen) atoms. The second kappa shape index (κ2) is 41.8. The summed E-state index contributed by atoms with van der Waals surface area (Å²) in [5.41, 5.74) is 0. The quantitative estimate of drug-likeness (QED) is 0.0536. The predicted octanol–water partition coefficient (Wildman–Crippen LogP) is -55.7. The van der Waals surface area contributed by atoms with E-state index in [1.54, 1.807) is 0 Å². The van der Waals surface area contributed by atoms with Crippen LogP contribution in [-0.2, 0) is 0 Å². The van der Waals surface area contributed by atoms with E-state index in [2.05, 4.69) is 333 Å². The molecule has 85 heteroatoms. The van der Waals surface area contributed by atoms with Gasteiger partial charge in [0.15, 0.2) is 0 Å². The first-order valence-electron chi connectivity index (χ1n) is 38.6. The second-order valence-corrected chi connectivity index (χ2v) is 38.4. The molecule has 0 aromatic carbocycles. The molecular formula is H87B85. The molecule has 0 saturated heterocycles. The minimum Gasteiger partial charge on any atom is 0.000235 e. The SMILES string of the molecule is BB(B)B(B)B(B(B(B)B)B(B)B)B(B(BB(B(B(B(B)B)B(B)B)B(B(B)B)B(B)B)B(B(B(B)B)B(B)B)B(B(B)B)B(B)B)B(B(B(B(B)B)B(B)B)B(B(B)B)B(B)B)B(B(B(B)B)B(B)B)B(B(B)B)B(B)B)B(B(B)B)B(B)B. The van der Waals surface area contributed by atoms with E-state index >= 15 is 0 Å². The molecule has 0 aliphatic rings. The molecule has 0 unspecified atom stereocenters. The van der Waals surface area contributed by atoms with E-state index in [0.29, 0.717) is 262 Å². The summed E-state index contributed by atoms with van der Waals surface area (Å²) in [4.78, 5) is 0. The van der Waals surface area contributed by atoms with E-state index in [0.717, 1.165) is 0 Å². The van der Waals surface area contributed by atoms with Gasteiger partial charge in [0.05, 0.1) is 333 Å². The Bertz CT molecular complexity index is 1430. The third-order valence-electron chi connectivity index (χ3n) is 25.4. The van der Waals surface area contributed by atoms with Gasteiger partial charge in [-0.05, 0) is 0 Å². The van der Waals surface area contributed by atoms with Crippen LogP contribution in [-0.4, -0.2) is 602 Å². The molecule has 0 fully saturated rings. The zero-order valence-corrected chi connectivity index (χ0v) is 67.4. The van der Waals surface area contributed by atoms with Gasteiger partial charge in [-0.2, -0.15) is 0 Å². The summed E-state index contributed by atoms with van der Waals surface area (Å²) in [6.45, 7) is 0. The minimum absolute atomic E-state index is 0.533. The average molecular weight is 1010 g/mol. The van der Waals surface area contributed by atoms with Crippen molar-refractivity contribution in [1.29, 1.82) is 0 Å². The standard InChI is InChI=1S/B85H87/c1-45(2)66(43)79(69(46(3)4)47(5)6)82(74(56(23)24)57(25)26)68(83(84(75(58(27)28)59(29)30)76(60(31)32)61(33)34)85(77(62(35)36)63(37)38)78(64(39)40)65(41)42)44-67(80(70(48(7)8)49(9)10)71(50(11)12)51(13)14)81(72(52(15)16)53(17)18)73(54(19)20)55(21)22/h44H,1-43H2. The van der Waals surface area contributed by atoms with Crippen molar-refractivity contribution in [2.24, 2.45) is 0 Å². The van der Waals surface area contributed by atoms with Crippen LogP contribution < -0.4 is 0 Å². The van der Waals surface area contributed by atoms with Gasteiger partial charge in [0, 0.05) is 269 Å². The van der Waals surface area contributed by atoms with Crippen LogP contribution in [0.1, 0.15) is 0 Å². The first kappa shape index (κ1) is 90.5. The van der Waals surface area contributed by atoms with Crippen molar-refractivity contribution in [3.63, 3.8) is 0 Å². The molecule has 0 heterocycles. The van der Waals surface area contributed by atoms with Crippen molar-refractivity contribution in [3.8, 4) is 0 Å². The molecule has 0 aliphatic heterocycles. The highest BCUT2D eigenvalue weighted by molar-refractivity contribution is 8.38. The molecule has 0 aromatic rings. The van der Waals surface area contributed by atoms with Gasteiger partial charge in [-0.3, -0.25) is 0 Å². The van der Waals surface area contributed by atoms with Gasteiger partial charge >= 0.3 is 0 Å². The van der Waals surface area contributed by atoms with Crippen molar-refractivity contribution >= 4 is 602 Å². The van der Waals surface area contributed by atoms with E-state index in [9.17, 15) is 0 Å². The van der Waals surface area contributed by atoms with Crippen LogP contribution >= 0.6 is 0 Å². The third kappa shape index (κ3) is 25.0. The van der Waals surface area contributed by atoms with Crippen LogP contribution in [0.4, 0.5) is 0 Å². The maximum absolute atomic E-state index is 2.83. The fraction of sp³-hybridized carbons (Fsp3) is 0. The Kier molecular flexibility index (Phi) is 44.5. The van der Waals surface area contributed by atoms with Gasteiger partial charge in [-0.25, -0.2) is 0 Å². The highest BCUT2D eigenvalue weighted by atomic mass is 13.4. The highest BCUT2D eigenvalue weighted by Crippen LogP contribution is 2.25. The molecule has 0 saturated carbocycles. The Morgan fingerprint density at radius 1 is 0.106 bits per heavy atom. The largest absolute Gasteiger partial charge is 0.0552 e. The normalized spacial score (nSPS) is 9.79. The molecule has 342 valence electrons. The number of hydrogen-bond donors (Lipinski definition) is 0. The van der Waals surface area contributed by atoms with Crippen LogP contribution in [0.25, 0.3) is 0 Å². The average Bonchev–Trinajstić information content (AvgIpc) is 3.28. The van der Waals surface area contributed by atoms with Crippen LogP contribution in [0.3, 0.4) is 0 Å². The Labute approximate surface area is 595 Å². The molecule has 0 bridgehead atoms. The highest BCUT2D eigenvalue weighted by Gasteiger charge is 2.64. The summed E-state index contributed by atoms with van der Waals surface area (Å²) in [6, 6.07) is 0. The molecule has 0 nitrogen and oxygen atoms in total. The maximum atomic E-state index is 2.83. The summed E-state index contributed by atoms with van der Waals surface area (Å²) in [6.07, 6.45) is 24.3. The van der Waals surface area contributed by atoms with Crippen molar-refractivity contribution < 1.29 is 0 Å². The van der Waals surface area contributed by atoms with E-state index in [1.165, 1.54) is 7.06 Å². The third-order valence-corrected chi connectivity index (χ3v) is 25.4. The lowest BCUT2D eigenvalue weighted by Crippen LogP contribution is -2.96. The molecular weight excluding hydrogens is 919 g/mol. The van der Waals surface area contributed by atoms with E-state index in [-0.39, 0.29) is 0 Å². The zero-order valence-electron chi connectivity index (χ0n) is 67.4. The van der Waals surface area contributed by atoms with Gasteiger partial charge in [0.25, 0.3) is 0 Å². The van der Waals surface area contributed by atoms with Gasteiger partial charge in [-0.1, -0.05) is 0 Å². The Morgan fingerprint density at radius 2 is 0.212 bits per heavy atom. The summed E-state index contributed by atoms with van der Waals surface area (Å²) in [7, 11) is 118. The first-order chi connectivity index (χ1) is 38.6. The Morgan fingerprint density at radius 3 is 0.341 bits per heavy atom. The van der Waals surface area contributed by atoms with Crippen LogP contribution in [0.15, 0.2) is 0 Å². The van der Waals surface area contributed by atoms with Gasteiger partial charge in [0.2, 0.25) is 0 Å². The molecule has 0 radical (unpaired) electrons. The molecule has 0 aliphatic carbocycles. The van der Waals surface area contributed by atoms with Gasteiger partial charge in [0.1, 0.15) is 0 Å². The molecule has 0 N–H and O–H groups in total. The molecule has 0 rings (SSSR count). The monoisotopic (exact) mass is 1020 g/mol. The molecule has 0 aromatic heterocycles. The molecule has 0 spiro atoms. The Balaban J connectivity index is 12.5. The topological polar surface area (TPSA) is 0 Å². The predicted molar refractivity (Wildman–Crippen MR) is 610 cm³/mol. The summed E-state index contributed by atoms with van der Waals surface area (Å²) in [5, 5.41) is 0. The van der Waals surface area contributed by atoms with E-state index in [4.69, 9.17) is 0 Å². The Hall–Kier alpha value is 5.52. The second-order valence-electron chi connectivity index (χ2n) is 38.4. The van der Waals surface area contributed by atoms with Crippen molar-refractivity contribution in [2.45, 2.75) is 0 Å². The van der Waals surface area contributed by atoms with E-state index in [1.807, 2.05) is 0 Å². The van der Waals surface area contributed by atoms with Crippen LogP contribution in [0.5, 0.6) is 0 Å². The molecule has 0 atom stereocenters. The van der Waals surface area contributed by atoms with Crippen molar-refractivity contribution in [2.75, 3.05) is 0 Å². The summed E-state index contributed by atoms with van der Waals surface area (Å²) in [5.74, 6) is 0. The number of hydrogen-bond acceptors (Lipinski definition) is 0. The summed E-state index contributed by atoms with van der Waals surface area (Å²) < 4.78 is 0.